The van der Waals surface area contributed by atoms with Crippen LogP contribution in [-0.4, -0.2) is 60.4 Å². The molecule has 2 aliphatic heterocycles. The predicted octanol–water partition coefficient (Wildman–Crippen LogP) is 4.61. The maximum Gasteiger partial charge on any atom is 0.271 e. The van der Waals surface area contributed by atoms with Crippen LogP contribution in [0.2, 0.25) is 0 Å². The van der Waals surface area contributed by atoms with Gasteiger partial charge in [0.2, 0.25) is 11.8 Å². The van der Waals surface area contributed by atoms with Gasteiger partial charge in [-0.2, -0.15) is 0 Å². The molecule has 14 heteroatoms. The second kappa shape index (κ2) is 10.3. The summed E-state index contributed by atoms with van der Waals surface area (Å²) in [7, 11) is 0. The smallest absolute Gasteiger partial charge is 0.271 e. The van der Waals surface area contributed by atoms with Gasteiger partial charge in [-0.25, -0.2) is 4.90 Å². The van der Waals surface area contributed by atoms with E-state index in [0.717, 1.165) is 15.9 Å². The van der Waals surface area contributed by atoms with Crippen LogP contribution in [0.5, 0.6) is 11.5 Å². The maximum absolute atomic E-state index is 14.1. The number of nitrogens with zero attached hydrogens (tertiary/aromatic N) is 3. The van der Waals surface area contributed by atoms with Gasteiger partial charge in [-0.1, -0.05) is 45.8 Å². The van der Waals surface area contributed by atoms with Gasteiger partial charge in [0.25, 0.3) is 17.5 Å². The first kappa shape index (κ1) is 29.6. The third-order valence-corrected chi connectivity index (χ3v) is 10.9. The first-order chi connectivity index (χ1) is 20.4. The molecule has 2 heterocycles. The van der Waals surface area contributed by atoms with Crippen LogP contribution >= 0.6 is 39.1 Å². The van der Waals surface area contributed by atoms with Crippen LogP contribution < -0.4 is 9.64 Å². The number of ether oxygens (including phenoxy) is 1. The maximum atomic E-state index is 14.1. The highest BCUT2D eigenvalue weighted by Gasteiger charge is 2.76. The Morgan fingerprint density at radius 2 is 1.81 bits per heavy atom. The Morgan fingerprint density at radius 3 is 2.49 bits per heavy atom. The number of imide groups is 2. The van der Waals surface area contributed by atoms with Crippen LogP contribution in [-0.2, 0) is 19.2 Å². The van der Waals surface area contributed by atoms with Gasteiger partial charge in [0, 0.05) is 23.6 Å². The number of carbonyl (C=O) groups excluding carboxylic acids is 4. The van der Waals surface area contributed by atoms with Gasteiger partial charge in [-0.15, -0.1) is 23.2 Å². The number of non-ortho nitro benzene ring substituents is 1. The van der Waals surface area contributed by atoms with Crippen molar-refractivity contribution in [2.75, 3.05) is 17.0 Å². The molecule has 1 saturated carbocycles. The topological polar surface area (TPSA) is 147 Å². The number of para-hydroxylation sites is 1. The number of fused-ring (bicyclic) bond motifs is 4. The van der Waals surface area contributed by atoms with Gasteiger partial charge >= 0.3 is 0 Å². The number of hydrogen-bond acceptors (Lipinski definition) is 8. The fraction of sp³-hybridized carbons (Fsp3) is 0.379. The van der Waals surface area contributed by atoms with Crippen LogP contribution in [0.15, 0.2) is 54.1 Å². The third kappa shape index (κ3) is 3.92. The summed E-state index contributed by atoms with van der Waals surface area (Å²) in [5, 5.41) is 22.7. The van der Waals surface area contributed by atoms with Crippen LogP contribution in [0, 0.1) is 27.9 Å². The Hall–Kier alpha value is -3.48. The largest absolute Gasteiger partial charge is 0.504 e. The molecule has 0 spiro atoms. The number of rotatable bonds is 6. The van der Waals surface area contributed by atoms with Gasteiger partial charge in [-0.3, -0.25) is 34.2 Å². The number of phenols is 1. The van der Waals surface area contributed by atoms with Crippen molar-refractivity contribution in [2.24, 2.45) is 17.8 Å². The van der Waals surface area contributed by atoms with Crippen LogP contribution in [0.3, 0.4) is 0 Å². The van der Waals surface area contributed by atoms with Gasteiger partial charge in [-0.05, 0) is 37.8 Å². The quantitative estimate of drug-likeness (QED) is 0.115. The number of carbonyl (C=O) groups is 4. The number of nitro groups is 1. The van der Waals surface area contributed by atoms with E-state index >= 15 is 0 Å². The Morgan fingerprint density at radius 1 is 1.09 bits per heavy atom. The van der Waals surface area contributed by atoms with Gasteiger partial charge in [0.15, 0.2) is 21.2 Å². The molecular formula is C29H24BrCl2N3O8. The van der Waals surface area contributed by atoms with Crippen molar-refractivity contribution in [1.82, 2.24) is 4.90 Å². The second-order valence-corrected chi connectivity index (χ2v) is 12.6. The van der Waals surface area contributed by atoms with E-state index < -0.39 is 62.0 Å². The Bertz CT molecular complexity index is 1650. The molecule has 6 unspecified atom stereocenters. The molecule has 6 rings (SSSR count). The summed E-state index contributed by atoms with van der Waals surface area (Å²) >= 11 is 17.6. The van der Waals surface area contributed by atoms with E-state index in [9.17, 15) is 34.4 Å². The number of likely N-dealkylation sites (tertiary alicyclic amines) is 1. The molecule has 4 aliphatic rings. The first-order valence-electron chi connectivity index (χ1n) is 13.5. The number of amides is 4. The summed E-state index contributed by atoms with van der Waals surface area (Å²) in [5.74, 6) is -6.64. The summed E-state index contributed by atoms with van der Waals surface area (Å²) in [6, 6.07) is 9.96. The number of benzene rings is 2. The lowest BCUT2D eigenvalue weighted by Crippen LogP contribution is -2.60. The molecule has 224 valence electrons. The highest BCUT2D eigenvalue weighted by molar-refractivity contribution is 9.09. The molecule has 0 radical (unpaired) electrons. The van der Waals surface area contributed by atoms with Crippen LogP contribution in [0.4, 0.5) is 11.4 Å². The summed E-state index contributed by atoms with van der Waals surface area (Å²) in [5.41, 5.74) is 0.269. The summed E-state index contributed by atoms with van der Waals surface area (Å²) in [4.78, 5) is 63.9. The van der Waals surface area contributed by atoms with E-state index in [0.29, 0.717) is 5.57 Å². The van der Waals surface area contributed by atoms with E-state index in [-0.39, 0.29) is 53.3 Å². The molecule has 0 bridgehead atoms. The first-order valence-corrected chi connectivity index (χ1v) is 15.4. The average molecular weight is 693 g/mol. The number of phenolic OH excluding ortho intramolecular Hbond substituents is 1. The zero-order valence-electron chi connectivity index (χ0n) is 22.5. The summed E-state index contributed by atoms with van der Waals surface area (Å²) < 4.78 is 5.59. The van der Waals surface area contributed by atoms with Gasteiger partial charge in [0.1, 0.15) is 0 Å². The minimum absolute atomic E-state index is 0.0550. The van der Waals surface area contributed by atoms with E-state index in [2.05, 4.69) is 15.9 Å². The molecule has 11 nitrogen and oxygen atoms in total. The number of halogens is 3. The molecular weight excluding hydrogens is 669 g/mol. The molecule has 2 aliphatic carbocycles. The molecule has 3 fully saturated rings. The van der Waals surface area contributed by atoms with E-state index in [4.69, 9.17) is 27.9 Å². The van der Waals surface area contributed by atoms with E-state index in [1.54, 1.807) is 31.2 Å². The van der Waals surface area contributed by atoms with E-state index in [1.807, 2.05) is 0 Å². The van der Waals surface area contributed by atoms with Crippen molar-refractivity contribution in [3.05, 3.63) is 69.8 Å². The monoisotopic (exact) mass is 691 g/mol. The van der Waals surface area contributed by atoms with Crippen LogP contribution in [0.25, 0.3) is 0 Å². The minimum Gasteiger partial charge on any atom is -0.504 e. The van der Waals surface area contributed by atoms with Crippen molar-refractivity contribution < 1.29 is 33.9 Å². The molecule has 2 aromatic carbocycles. The molecule has 6 atom stereocenters. The van der Waals surface area contributed by atoms with Crippen molar-refractivity contribution >= 4 is 74.1 Å². The average Bonchev–Trinajstić information content (AvgIpc) is 3.32. The number of alkyl halides is 3. The number of nitro benzene ring substituents is 1. The lowest BCUT2D eigenvalue weighted by molar-refractivity contribution is -0.384. The molecule has 43 heavy (non-hydrogen) atoms. The SMILES string of the molecule is CCOc1cccc(C2C3=CCC4C(=O)N(c5cccc([N+](=O)[O-])c5)C(=O)C4C3CC3(Cl)C(=O)N(CBr)C(=O)C23Cl)c1O. The lowest BCUT2D eigenvalue weighted by Gasteiger charge is -2.50. The highest BCUT2D eigenvalue weighted by Crippen LogP contribution is 2.66. The highest BCUT2D eigenvalue weighted by atomic mass is 79.9. The van der Waals surface area contributed by atoms with Gasteiger partial charge < -0.3 is 9.84 Å². The lowest BCUT2D eigenvalue weighted by atomic mass is 9.56. The predicted molar refractivity (Wildman–Crippen MR) is 158 cm³/mol. The molecule has 2 saturated heterocycles. The number of aromatic hydroxyl groups is 1. The Kier molecular flexibility index (Phi) is 7.09. The fourth-order valence-corrected chi connectivity index (χ4v) is 8.56. The van der Waals surface area contributed by atoms with Gasteiger partial charge in [0.05, 0.1) is 34.5 Å². The standard InChI is InChI=1S/C29H24BrCl2N3O8/c1-2-43-20-8-4-7-18(23(20)36)22-16-9-10-17-21(19(16)12-28(31)26(39)33(13-30)27(40)29(22,28)32)25(38)34(24(17)37)14-5-3-6-15(11-14)35(41)42/h3-9,11,17,19,21-22,36H,2,10,12-13H2,1H3. The van der Waals surface area contributed by atoms with Crippen molar-refractivity contribution in [3.8, 4) is 11.5 Å². The zero-order valence-corrected chi connectivity index (χ0v) is 25.6. The molecule has 1 N–H and O–H groups in total. The summed E-state index contributed by atoms with van der Waals surface area (Å²) in [6.07, 6.45) is 1.60. The Labute approximate surface area is 263 Å². The number of allylic oxidation sites excluding steroid dienone is 2. The number of hydrogen-bond donors (Lipinski definition) is 1. The van der Waals surface area contributed by atoms with Crippen molar-refractivity contribution in [1.29, 1.82) is 0 Å². The third-order valence-electron chi connectivity index (χ3n) is 8.95. The van der Waals surface area contributed by atoms with Crippen molar-refractivity contribution in [2.45, 2.75) is 35.4 Å². The molecule has 0 aromatic heterocycles. The van der Waals surface area contributed by atoms with Crippen LogP contribution in [0.1, 0.15) is 31.2 Å². The number of anilines is 1. The fourth-order valence-electron chi connectivity index (χ4n) is 7.14. The Balaban J connectivity index is 1.52. The zero-order chi connectivity index (χ0) is 31.0. The van der Waals surface area contributed by atoms with E-state index in [1.165, 1.54) is 18.2 Å². The minimum atomic E-state index is -2.08. The molecule has 2 aromatic rings. The summed E-state index contributed by atoms with van der Waals surface area (Å²) in [6.45, 7) is 1.98. The normalized spacial score (nSPS) is 31.5. The molecule has 4 amide bonds. The second-order valence-electron chi connectivity index (χ2n) is 10.9. The van der Waals surface area contributed by atoms with Crippen molar-refractivity contribution in [3.63, 3.8) is 0 Å².